The maximum atomic E-state index is 14.8. The van der Waals surface area contributed by atoms with Crippen LogP contribution in [0.2, 0.25) is 0 Å². The number of halogens is 2. The standard InChI is InChI=1S/C25H27F2N3O/c1-17(19-7-11-21(31-2)12-8-19)30-13-3-4-24(30)22-14-25(29-16-23(22)27)28-15-18-5-9-20(26)10-6-18/h5-12,14,16-17,24H,3-4,13,15H2,1-2H3,(H,28,29)/t17-,24+/m1/s1. The fourth-order valence-corrected chi connectivity index (χ4v) is 4.26. The molecular weight excluding hydrogens is 396 g/mol. The molecule has 31 heavy (non-hydrogen) atoms. The highest BCUT2D eigenvalue weighted by Gasteiger charge is 2.32. The zero-order valence-electron chi connectivity index (χ0n) is 17.8. The number of nitrogens with zero attached hydrogens (tertiary/aromatic N) is 2. The number of ether oxygens (including phenoxy) is 1. The summed E-state index contributed by atoms with van der Waals surface area (Å²) in [4.78, 5) is 6.55. The Hall–Kier alpha value is -2.99. The summed E-state index contributed by atoms with van der Waals surface area (Å²) < 4.78 is 33.1. The molecule has 162 valence electrons. The largest absolute Gasteiger partial charge is 0.497 e. The van der Waals surface area contributed by atoms with Crippen LogP contribution in [0.15, 0.2) is 60.8 Å². The van der Waals surface area contributed by atoms with Gasteiger partial charge in [-0.15, -0.1) is 0 Å². The molecule has 0 saturated carbocycles. The summed E-state index contributed by atoms with van der Waals surface area (Å²) >= 11 is 0. The third-order valence-corrected chi connectivity index (χ3v) is 6.02. The molecule has 0 amide bonds. The number of methoxy groups -OCH3 is 1. The van der Waals surface area contributed by atoms with Crippen LogP contribution in [0.3, 0.4) is 0 Å². The predicted octanol–water partition coefficient (Wildman–Crippen LogP) is 5.88. The molecule has 4 rings (SSSR count). The number of benzene rings is 2. The Kier molecular flexibility index (Phi) is 6.47. The van der Waals surface area contributed by atoms with E-state index in [2.05, 4.69) is 34.3 Å². The number of aromatic nitrogens is 1. The summed E-state index contributed by atoms with van der Waals surface area (Å²) in [6, 6.07) is 16.3. The molecule has 0 spiro atoms. The van der Waals surface area contributed by atoms with Gasteiger partial charge in [0.05, 0.1) is 13.3 Å². The van der Waals surface area contributed by atoms with E-state index < -0.39 is 0 Å². The zero-order valence-corrected chi connectivity index (χ0v) is 17.8. The van der Waals surface area contributed by atoms with E-state index in [9.17, 15) is 8.78 Å². The predicted molar refractivity (Wildman–Crippen MR) is 118 cm³/mol. The molecule has 1 N–H and O–H groups in total. The number of rotatable bonds is 7. The zero-order chi connectivity index (χ0) is 21.8. The van der Waals surface area contributed by atoms with Crippen LogP contribution >= 0.6 is 0 Å². The number of likely N-dealkylation sites (tertiary alicyclic amines) is 1. The number of pyridine rings is 1. The van der Waals surface area contributed by atoms with Crippen molar-refractivity contribution in [3.8, 4) is 5.75 Å². The van der Waals surface area contributed by atoms with Gasteiger partial charge in [-0.25, -0.2) is 13.8 Å². The van der Waals surface area contributed by atoms with E-state index in [1.54, 1.807) is 19.2 Å². The highest BCUT2D eigenvalue weighted by Crippen LogP contribution is 2.40. The Morgan fingerprint density at radius 3 is 2.58 bits per heavy atom. The summed E-state index contributed by atoms with van der Waals surface area (Å²) in [6.45, 7) is 3.57. The Balaban J connectivity index is 1.51. The Labute approximate surface area is 181 Å². The smallest absolute Gasteiger partial charge is 0.146 e. The first kappa shape index (κ1) is 21.2. The SMILES string of the molecule is COc1ccc([C@@H](C)N2CCC[C@H]2c2cc(NCc3ccc(F)cc3)ncc2F)cc1. The second-order valence-corrected chi connectivity index (χ2v) is 7.92. The fourth-order valence-electron chi connectivity index (χ4n) is 4.26. The highest BCUT2D eigenvalue weighted by atomic mass is 19.1. The molecule has 4 nitrogen and oxygen atoms in total. The quantitative estimate of drug-likeness (QED) is 0.515. The van der Waals surface area contributed by atoms with Gasteiger partial charge < -0.3 is 10.1 Å². The first-order valence-corrected chi connectivity index (χ1v) is 10.6. The second kappa shape index (κ2) is 9.43. The van der Waals surface area contributed by atoms with Crippen molar-refractivity contribution in [1.82, 2.24) is 9.88 Å². The molecule has 0 radical (unpaired) electrons. The summed E-state index contributed by atoms with van der Waals surface area (Å²) in [5.74, 6) is 0.889. The maximum Gasteiger partial charge on any atom is 0.146 e. The van der Waals surface area contributed by atoms with E-state index in [4.69, 9.17) is 4.74 Å². The Morgan fingerprint density at radius 2 is 1.87 bits per heavy atom. The summed E-state index contributed by atoms with van der Waals surface area (Å²) in [5.41, 5.74) is 2.77. The molecule has 0 bridgehead atoms. The first-order chi connectivity index (χ1) is 15.0. The monoisotopic (exact) mass is 423 g/mol. The van der Waals surface area contributed by atoms with Gasteiger partial charge in [-0.1, -0.05) is 24.3 Å². The maximum absolute atomic E-state index is 14.8. The summed E-state index contributed by atoms with van der Waals surface area (Å²) in [5, 5.41) is 3.23. The van der Waals surface area contributed by atoms with Crippen LogP contribution in [-0.2, 0) is 6.54 Å². The van der Waals surface area contributed by atoms with Crippen molar-refractivity contribution in [3.63, 3.8) is 0 Å². The Morgan fingerprint density at radius 1 is 1.13 bits per heavy atom. The summed E-state index contributed by atoms with van der Waals surface area (Å²) in [7, 11) is 1.66. The normalized spacial score (nSPS) is 17.5. The van der Waals surface area contributed by atoms with Crippen molar-refractivity contribution in [2.45, 2.75) is 38.4 Å². The van der Waals surface area contributed by atoms with E-state index in [-0.39, 0.29) is 23.7 Å². The second-order valence-electron chi connectivity index (χ2n) is 7.92. The molecule has 1 aromatic heterocycles. The molecule has 6 heteroatoms. The van der Waals surface area contributed by atoms with Crippen molar-refractivity contribution >= 4 is 5.82 Å². The Bertz CT molecular complexity index is 1010. The molecule has 2 heterocycles. The van der Waals surface area contributed by atoms with Gasteiger partial charge in [-0.2, -0.15) is 0 Å². The van der Waals surface area contributed by atoms with Crippen LogP contribution in [0.4, 0.5) is 14.6 Å². The van der Waals surface area contributed by atoms with Gasteiger partial charge >= 0.3 is 0 Å². The van der Waals surface area contributed by atoms with Crippen molar-refractivity contribution in [3.05, 3.63) is 89.1 Å². The molecule has 0 unspecified atom stereocenters. The number of nitrogens with one attached hydrogen (secondary N) is 1. The molecule has 3 aromatic rings. The minimum absolute atomic E-state index is 0.00790. The number of anilines is 1. The third-order valence-electron chi connectivity index (χ3n) is 6.02. The topological polar surface area (TPSA) is 37.4 Å². The lowest BCUT2D eigenvalue weighted by Crippen LogP contribution is -2.27. The van der Waals surface area contributed by atoms with Gasteiger partial charge in [0.1, 0.15) is 23.2 Å². The van der Waals surface area contributed by atoms with Crippen LogP contribution in [0, 0.1) is 11.6 Å². The summed E-state index contributed by atoms with van der Waals surface area (Å²) in [6.07, 6.45) is 3.21. The first-order valence-electron chi connectivity index (χ1n) is 10.6. The average molecular weight is 424 g/mol. The molecule has 0 aliphatic carbocycles. The van der Waals surface area contributed by atoms with Gasteiger partial charge in [-0.3, -0.25) is 4.90 Å². The lowest BCUT2D eigenvalue weighted by Gasteiger charge is -2.31. The number of hydrogen-bond donors (Lipinski definition) is 1. The van der Waals surface area contributed by atoms with E-state index in [0.717, 1.165) is 30.7 Å². The van der Waals surface area contributed by atoms with Crippen LogP contribution in [-0.4, -0.2) is 23.5 Å². The van der Waals surface area contributed by atoms with Gasteiger partial charge in [0.2, 0.25) is 0 Å². The molecule has 1 aliphatic heterocycles. The lowest BCUT2D eigenvalue weighted by atomic mass is 10.0. The van der Waals surface area contributed by atoms with Gasteiger partial charge in [0.25, 0.3) is 0 Å². The van der Waals surface area contributed by atoms with Gasteiger partial charge in [0, 0.05) is 24.2 Å². The van der Waals surface area contributed by atoms with Gasteiger partial charge in [-0.05, 0) is 67.8 Å². The van der Waals surface area contributed by atoms with Gasteiger partial charge in [0.15, 0.2) is 0 Å². The van der Waals surface area contributed by atoms with E-state index >= 15 is 0 Å². The third kappa shape index (κ3) is 4.85. The molecule has 1 fully saturated rings. The molecule has 1 saturated heterocycles. The van der Waals surface area contributed by atoms with Crippen LogP contribution in [0.1, 0.15) is 48.5 Å². The molecular formula is C25H27F2N3O. The van der Waals surface area contributed by atoms with E-state index in [1.165, 1.54) is 23.9 Å². The van der Waals surface area contributed by atoms with Crippen molar-refractivity contribution in [1.29, 1.82) is 0 Å². The highest BCUT2D eigenvalue weighted by molar-refractivity contribution is 5.41. The number of hydrogen-bond acceptors (Lipinski definition) is 4. The molecule has 1 aliphatic rings. The van der Waals surface area contributed by atoms with E-state index in [1.807, 2.05) is 18.2 Å². The molecule has 2 aromatic carbocycles. The minimum atomic E-state index is -0.286. The van der Waals surface area contributed by atoms with Crippen molar-refractivity contribution in [2.75, 3.05) is 19.0 Å². The lowest BCUT2D eigenvalue weighted by molar-refractivity contribution is 0.190. The fraction of sp³-hybridized carbons (Fsp3) is 0.320. The van der Waals surface area contributed by atoms with E-state index in [0.29, 0.717) is 17.9 Å². The molecule has 2 atom stereocenters. The average Bonchev–Trinajstić information content (AvgIpc) is 3.29. The minimum Gasteiger partial charge on any atom is -0.497 e. The van der Waals surface area contributed by atoms with Crippen LogP contribution in [0.5, 0.6) is 5.75 Å². The van der Waals surface area contributed by atoms with Crippen molar-refractivity contribution in [2.24, 2.45) is 0 Å². The van der Waals surface area contributed by atoms with Crippen molar-refractivity contribution < 1.29 is 13.5 Å². The van der Waals surface area contributed by atoms with Crippen LogP contribution in [0.25, 0.3) is 0 Å². The van der Waals surface area contributed by atoms with Crippen LogP contribution < -0.4 is 10.1 Å².